The van der Waals surface area contributed by atoms with E-state index in [0.717, 1.165) is 21.7 Å². The van der Waals surface area contributed by atoms with Crippen LogP contribution in [-0.4, -0.2) is 45.3 Å². The molecule has 0 saturated heterocycles. The molecule has 0 fully saturated rings. The molecule has 9 nitrogen and oxygen atoms in total. The van der Waals surface area contributed by atoms with Crippen LogP contribution in [0.15, 0.2) is 92.2 Å². The minimum absolute atomic E-state index is 0.699. The van der Waals surface area contributed by atoms with Crippen molar-refractivity contribution in [3.8, 4) is 0 Å². The summed E-state index contributed by atoms with van der Waals surface area (Å²) in [4.78, 5) is 19.8. The highest BCUT2D eigenvalue weighted by molar-refractivity contribution is 5.75. The van der Waals surface area contributed by atoms with E-state index < -0.39 is 0 Å². The Hall–Kier alpha value is -4.53. The van der Waals surface area contributed by atoms with E-state index in [1.165, 1.54) is 6.33 Å². The Morgan fingerprint density at radius 1 is 0.425 bits per heavy atom. The maximum atomic E-state index is 4.01. The molecule has 0 aliphatic rings. The van der Waals surface area contributed by atoms with Gasteiger partial charge in [-0.15, -0.1) is 10.2 Å². The first kappa shape index (κ1) is 37.6. The standard InChI is InChI=1S/3C7H5N3.5C2H6/c1-2-8-4-7-6(1)3-9-5-10-7;2*1-2-6-3-5-9-10-7(6)8-4-1;5*1-2/h3*1-5H;5*1-2H3. The highest BCUT2D eigenvalue weighted by Crippen LogP contribution is 2.05. The third kappa shape index (κ3) is 14.4. The van der Waals surface area contributed by atoms with Gasteiger partial charge in [-0.25, -0.2) is 19.9 Å². The second kappa shape index (κ2) is 27.5. The van der Waals surface area contributed by atoms with E-state index >= 15 is 0 Å². The molecule has 0 N–H and O–H groups in total. The first-order valence-corrected chi connectivity index (χ1v) is 13.9. The fourth-order valence-corrected chi connectivity index (χ4v) is 2.47. The lowest BCUT2D eigenvalue weighted by molar-refractivity contribution is 1.05. The van der Waals surface area contributed by atoms with Crippen LogP contribution in [0.4, 0.5) is 0 Å². The average Bonchev–Trinajstić information content (AvgIpc) is 3.10. The first-order chi connectivity index (χ1) is 19.9. The van der Waals surface area contributed by atoms with Gasteiger partial charge in [-0.2, -0.15) is 10.2 Å². The van der Waals surface area contributed by atoms with E-state index in [1.807, 2.05) is 112 Å². The SMILES string of the molecule is CC.CC.CC.CC.CC.c1cc2cncnc2cn1.c1cnc2nnccc2c1.c1cnc2nnccc2c1. The molecule has 214 valence electrons. The van der Waals surface area contributed by atoms with Gasteiger partial charge < -0.3 is 0 Å². The van der Waals surface area contributed by atoms with Gasteiger partial charge in [0.05, 0.1) is 24.1 Å². The van der Waals surface area contributed by atoms with Crippen LogP contribution < -0.4 is 0 Å². The Morgan fingerprint density at radius 3 is 1.35 bits per heavy atom. The van der Waals surface area contributed by atoms with Crippen molar-refractivity contribution in [3.05, 3.63) is 92.2 Å². The summed E-state index contributed by atoms with van der Waals surface area (Å²) in [5, 5.41) is 18.1. The van der Waals surface area contributed by atoms with Crippen molar-refractivity contribution in [1.82, 2.24) is 45.3 Å². The van der Waals surface area contributed by atoms with Crippen molar-refractivity contribution in [1.29, 1.82) is 0 Å². The number of nitrogens with zero attached hydrogens (tertiary/aromatic N) is 9. The third-order valence-electron chi connectivity index (χ3n) is 3.89. The molecule has 0 aliphatic heterocycles. The summed E-state index contributed by atoms with van der Waals surface area (Å²) in [6.45, 7) is 20.0. The number of aromatic nitrogens is 9. The van der Waals surface area contributed by atoms with Gasteiger partial charge in [0.25, 0.3) is 0 Å². The highest BCUT2D eigenvalue weighted by atomic mass is 15.1. The van der Waals surface area contributed by atoms with E-state index in [1.54, 1.807) is 43.4 Å². The Labute approximate surface area is 239 Å². The van der Waals surface area contributed by atoms with Crippen LogP contribution in [0.5, 0.6) is 0 Å². The molecule has 6 aromatic heterocycles. The van der Waals surface area contributed by atoms with Crippen molar-refractivity contribution in [2.24, 2.45) is 0 Å². The molecule has 0 amide bonds. The molecular formula is C31H45N9. The molecule has 6 rings (SSSR count). The van der Waals surface area contributed by atoms with Crippen LogP contribution in [0.3, 0.4) is 0 Å². The quantitative estimate of drug-likeness (QED) is 0.187. The number of hydrogen-bond donors (Lipinski definition) is 0. The van der Waals surface area contributed by atoms with Gasteiger partial charge in [-0.1, -0.05) is 69.2 Å². The van der Waals surface area contributed by atoms with E-state index in [-0.39, 0.29) is 0 Å². The molecule has 0 atom stereocenters. The fraction of sp³-hybridized carbons (Fsp3) is 0.323. The van der Waals surface area contributed by atoms with Crippen LogP contribution in [-0.2, 0) is 0 Å². The van der Waals surface area contributed by atoms with Crippen LogP contribution in [0, 0.1) is 0 Å². The predicted molar refractivity (Wildman–Crippen MR) is 169 cm³/mol. The number of hydrogen-bond acceptors (Lipinski definition) is 9. The lowest BCUT2D eigenvalue weighted by Gasteiger charge is -1.90. The topological polar surface area (TPSA) is 116 Å². The Kier molecular flexibility index (Phi) is 25.9. The lowest BCUT2D eigenvalue weighted by Crippen LogP contribution is -1.83. The van der Waals surface area contributed by atoms with Gasteiger partial charge in [0.15, 0.2) is 11.3 Å². The summed E-state index contributed by atoms with van der Waals surface area (Å²) < 4.78 is 0. The normalized spacial score (nSPS) is 8.25. The van der Waals surface area contributed by atoms with Crippen molar-refractivity contribution < 1.29 is 0 Å². The monoisotopic (exact) mass is 543 g/mol. The van der Waals surface area contributed by atoms with E-state index in [0.29, 0.717) is 11.3 Å². The number of rotatable bonds is 0. The minimum Gasteiger partial charge on any atom is -0.262 e. The molecule has 0 spiro atoms. The number of pyridine rings is 3. The Bertz CT molecular complexity index is 1010. The maximum absolute atomic E-state index is 4.01. The van der Waals surface area contributed by atoms with Crippen LogP contribution in [0.1, 0.15) is 69.2 Å². The van der Waals surface area contributed by atoms with Gasteiger partial charge >= 0.3 is 0 Å². The zero-order chi connectivity index (χ0) is 30.4. The van der Waals surface area contributed by atoms with Crippen LogP contribution >= 0.6 is 0 Å². The molecule has 9 heteroatoms. The maximum Gasteiger partial charge on any atom is 0.181 e. The molecule has 0 aromatic carbocycles. The van der Waals surface area contributed by atoms with Gasteiger partial charge in [0.2, 0.25) is 0 Å². The smallest absolute Gasteiger partial charge is 0.181 e. The van der Waals surface area contributed by atoms with E-state index in [2.05, 4.69) is 45.3 Å². The summed E-state index contributed by atoms with van der Waals surface area (Å²) in [7, 11) is 0. The van der Waals surface area contributed by atoms with Crippen molar-refractivity contribution in [2.45, 2.75) is 69.2 Å². The van der Waals surface area contributed by atoms with Crippen molar-refractivity contribution in [3.63, 3.8) is 0 Å². The summed E-state index contributed by atoms with van der Waals surface area (Å²) >= 11 is 0. The molecule has 0 radical (unpaired) electrons. The summed E-state index contributed by atoms with van der Waals surface area (Å²) in [6, 6.07) is 13.3. The van der Waals surface area contributed by atoms with E-state index in [4.69, 9.17) is 0 Å². The summed E-state index contributed by atoms with van der Waals surface area (Å²) in [5.41, 5.74) is 2.28. The molecule has 0 aliphatic carbocycles. The average molecular weight is 544 g/mol. The van der Waals surface area contributed by atoms with Crippen molar-refractivity contribution >= 4 is 33.0 Å². The molecule has 0 saturated carbocycles. The third-order valence-corrected chi connectivity index (χ3v) is 3.89. The zero-order valence-corrected chi connectivity index (χ0v) is 25.7. The van der Waals surface area contributed by atoms with Crippen molar-refractivity contribution in [2.75, 3.05) is 0 Å². The molecule has 0 unspecified atom stereocenters. The minimum atomic E-state index is 0.699. The summed E-state index contributed by atoms with van der Waals surface area (Å²) in [6.07, 6.45) is 13.5. The van der Waals surface area contributed by atoms with Gasteiger partial charge in [-0.3, -0.25) is 4.98 Å². The predicted octanol–water partition coefficient (Wildman–Crippen LogP) is 8.21. The molecule has 0 bridgehead atoms. The second-order valence-corrected chi connectivity index (χ2v) is 5.85. The molecule has 6 heterocycles. The van der Waals surface area contributed by atoms with Crippen LogP contribution in [0.2, 0.25) is 0 Å². The largest absolute Gasteiger partial charge is 0.262 e. The highest BCUT2D eigenvalue weighted by Gasteiger charge is 1.91. The van der Waals surface area contributed by atoms with Crippen LogP contribution in [0.25, 0.3) is 33.0 Å². The van der Waals surface area contributed by atoms with E-state index in [9.17, 15) is 0 Å². The molecule has 6 aromatic rings. The second-order valence-electron chi connectivity index (χ2n) is 5.85. The Morgan fingerprint density at radius 2 is 0.900 bits per heavy atom. The fourth-order valence-electron chi connectivity index (χ4n) is 2.47. The first-order valence-electron chi connectivity index (χ1n) is 13.9. The number of fused-ring (bicyclic) bond motifs is 3. The summed E-state index contributed by atoms with van der Waals surface area (Å²) in [5.74, 6) is 0. The van der Waals surface area contributed by atoms with Gasteiger partial charge in [0, 0.05) is 40.9 Å². The van der Waals surface area contributed by atoms with Gasteiger partial charge in [-0.05, 0) is 42.5 Å². The lowest BCUT2D eigenvalue weighted by atomic mass is 10.3. The molecule has 40 heavy (non-hydrogen) atoms. The zero-order valence-electron chi connectivity index (χ0n) is 25.7. The van der Waals surface area contributed by atoms with Gasteiger partial charge in [0.1, 0.15) is 6.33 Å². The Balaban J connectivity index is 0. The molecular weight excluding hydrogens is 498 g/mol.